The summed E-state index contributed by atoms with van der Waals surface area (Å²) >= 11 is 3.35. The minimum absolute atomic E-state index is 0.0285. The molecule has 1 aliphatic heterocycles. The van der Waals surface area contributed by atoms with Crippen molar-refractivity contribution in [2.45, 2.75) is 56.3 Å². The lowest BCUT2D eigenvalue weighted by Gasteiger charge is -2.23. The summed E-state index contributed by atoms with van der Waals surface area (Å²) in [5.74, 6) is 1.59. The van der Waals surface area contributed by atoms with Crippen LogP contribution in [0.5, 0.6) is 0 Å². The first-order valence-electron chi connectivity index (χ1n) is 11.4. The average Bonchev–Trinajstić information content (AvgIpc) is 3.42. The fourth-order valence-electron chi connectivity index (χ4n) is 4.27. The van der Waals surface area contributed by atoms with Crippen LogP contribution in [0.2, 0.25) is 0 Å². The summed E-state index contributed by atoms with van der Waals surface area (Å²) in [6.45, 7) is 5.91. The fraction of sp³-hybridized carbons (Fsp3) is 0.478. The molecule has 0 unspecified atom stereocenters. The Hall–Kier alpha value is -2.51. The molecule has 36 heavy (non-hydrogen) atoms. The number of alkyl halides is 3. The number of hydrogen-bond donors (Lipinski definition) is 1. The number of hydrogen-bond acceptors (Lipinski definition) is 7. The van der Waals surface area contributed by atoms with Gasteiger partial charge in [0, 0.05) is 22.6 Å². The second-order valence-corrected chi connectivity index (χ2v) is 11.2. The number of ether oxygens (including phenoxy) is 1. The van der Waals surface area contributed by atoms with Crippen molar-refractivity contribution in [1.29, 1.82) is 0 Å². The number of aromatic amines is 1. The van der Waals surface area contributed by atoms with E-state index in [1.54, 1.807) is 30.4 Å². The lowest BCUT2D eigenvalue weighted by Crippen LogP contribution is -2.37. The van der Waals surface area contributed by atoms with E-state index in [0.29, 0.717) is 5.56 Å². The molecule has 1 fully saturated rings. The number of benzene rings is 1. The van der Waals surface area contributed by atoms with Crippen molar-refractivity contribution in [1.82, 2.24) is 24.5 Å². The third-order valence-electron chi connectivity index (χ3n) is 5.84. The van der Waals surface area contributed by atoms with Gasteiger partial charge in [0.05, 0.1) is 29.7 Å². The van der Waals surface area contributed by atoms with Gasteiger partial charge in [-0.1, -0.05) is 37.3 Å². The Balaban J connectivity index is 1.65. The Bertz CT molecular complexity index is 1320. The topological polar surface area (TPSA) is 94.8 Å². The summed E-state index contributed by atoms with van der Waals surface area (Å²) in [5.41, 5.74) is -1.31. The van der Waals surface area contributed by atoms with Gasteiger partial charge in [-0.3, -0.25) is 14.3 Å². The highest BCUT2D eigenvalue weighted by atomic mass is 32.2. The molecule has 4 atom stereocenters. The Morgan fingerprint density at radius 2 is 1.78 bits per heavy atom. The van der Waals surface area contributed by atoms with Gasteiger partial charge in [-0.15, -0.1) is 5.10 Å². The first-order valence-corrected chi connectivity index (χ1v) is 13.5. The van der Waals surface area contributed by atoms with Crippen molar-refractivity contribution in [3.8, 4) is 11.3 Å². The van der Waals surface area contributed by atoms with E-state index in [0.717, 1.165) is 17.6 Å². The van der Waals surface area contributed by atoms with E-state index in [1.807, 2.05) is 13.8 Å². The lowest BCUT2D eigenvalue weighted by molar-refractivity contribution is -0.137. The zero-order chi connectivity index (χ0) is 26.0. The molecule has 3 aromatic rings. The number of nitrogens with one attached hydrogen (secondary N) is 1. The van der Waals surface area contributed by atoms with Crippen LogP contribution in [0.15, 0.2) is 46.2 Å². The third kappa shape index (κ3) is 5.42. The fourth-order valence-corrected chi connectivity index (χ4v) is 6.92. The van der Waals surface area contributed by atoms with E-state index in [2.05, 4.69) is 15.3 Å². The standard InChI is InChI=1S/C23H26F3N5O3S2/c1-4-35-18-17(34-21(19(18)36-5-2)31-10-13(3)20(32)27-22(31)33)12-30-11-16(28-29-30)14-8-6-7-9-15(14)23(24,25)26/h6-11,17-19,21H,4-5,12H2,1-3H3,(H,27,32,33)/t17-,18-,19-,21-/m1/s1. The van der Waals surface area contributed by atoms with Crippen LogP contribution in [0.3, 0.4) is 0 Å². The monoisotopic (exact) mass is 541 g/mol. The number of nitrogens with zero attached hydrogens (tertiary/aromatic N) is 4. The maximum atomic E-state index is 13.5. The Morgan fingerprint density at radius 3 is 2.47 bits per heavy atom. The molecule has 0 aliphatic carbocycles. The Kier molecular flexibility index (Phi) is 8.00. The van der Waals surface area contributed by atoms with Gasteiger partial charge in [0.15, 0.2) is 6.23 Å². The van der Waals surface area contributed by atoms with E-state index >= 15 is 0 Å². The minimum Gasteiger partial charge on any atom is -0.350 e. The largest absolute Gasteiger partial charge is 0.417 e. The van der Waals surface area contributed by atoms with Crippen LogP contribution in [0.4, 0.5) is 13.2 Å². The summed E-state index contributed by atoms with van der Waals surface area (Å²) in [6, 6.07) is 5.25. The number of H-pyrrole nitrogens is 1. The van der Waals surface area contributed by atoms with Crippen molar-refractivity contribution in [3.05, 3.63) is 68.6 Å². The number of aromatic nitrogens is 5. The second-order valence-electron chi connectivity index (χ2n) is 8.25. The van der Waals surface area contributed by atoms with Crippen LogP contribution in [-0.2, 0) is 17.5 Å². The summed E-state index contributed by atoms with van der Waals surface area (Å²) in [5, 5.41) is 7.94. The highest BCUT2D eigenvalue weighted by Gasteiger charge is 2.46. The molecular weight excluding hydrogens is 515 g/mol. The van der Waals surface area contributed by atoms with E-state index in [1.165, 1.54) is 39.8 Å². The number of aryl methyl sites for hydroxylation is 1. The summed E-state index contributed by atoms with van der Waals surface area (Å²) in [7, 11) is 0. The van der Waals surface area contributed by atoms with Crippen LogP contribution in [0, 0.1) is 6.92 Å². The molecule has 0 spiro atoms. The minimum atomic E-state index is -4.52. The van der Waals surface area contributed by atoms with E-state index < -0.39 is 35.3 Å². The zero-order valence-electron chi connectivity index (χ0n) is 19.9. The van der Waals surface area contributed by atoms with Gasteiger partial charge in [-0.2, -0.15) is 36.7 Å². The number of thioether (sulfide) groups is 2. The van der Waals surface area contributed by atoms with Crippen molar-refractivity contribution in [2.24, 2.45) is 0 Å². The van der Waals surface area contributed by atoms with E-state index in [9.17, 15) is 22.8 Å². The van der Waals surface area contributed by atoms with Crippen molar-refractivity contribution in [2.75, 3.05) is 11.5 Å². The highest BCUT2D eigenvalue weighted by molar-refractivity contribution is 8.03. The molecule has 0 saturated carbocycles. The van der Waals surface area contributed by atoms with Crippen molar-refractivity contribution in [3.63, 3.8) is 0 Å². The molecule has 2 aromatic heterocycles. The molecule has 1 aromatic carbocycles. The van der Waals surface area contributed by atoms with Crippen LogP contribution in [-0.4, -0.2) is 52.7 Å². The molecule has 0 radical (unpaired) electrons. The predicted molar refractivity (Wildman–Crippen MR) is 134 cm³/mol. The van der Waals surface area contributed by atoms with Crippen LogP contribution < -0.4 is 11.2 Å². The zero-order valence-corrected chi connectivity index (χ0v) is 21.5. The highest BCUT2D eigenvalue weighted by Crippen LogP contribution is 2.43. The Morgan fingerprint density at radius 1 is 1.08 bits per heavy atom. The average molecular weight is 542 g/mol. The van der Waals surface area contributed by atoms with Gasteiger partial charge >= 0.3 is 11.9 Å². The van der Waals surface area contributed by atoms with Crippen LogP contribution >= 0.6 is 23.5 Å². The Labute approximate surface area is 213 Å². The van der Waals surface area contributed by atoms with Gasteiger partial charge in [-0.05, 0) is 24.5 Å². The van der Waals surface area contributed by atoms with Crippen LogP contribution in [0.25, 0.3) is 11.3 Å². The van der Waals surface area contributed by atoms with E-state index in [-0.39, 0.29) is 28.3 Å². The smallest absolute Gasteiger partial charge is 0.350 e. The number of rotatable bonds is 8. The number of halogens is 3. The molecule has 4 rings (SSSR count). The van der Waals surface area contributed by atoms with Gasteiger partial charge in [0.1, 0.15) is 5.69 Å². The first-order chi connectivity index (χ1) is 17.1. The molecule has 0 amide bonds. The summed E-state index contributed by atoms with van der Waals surface area (Å²) in [4.78, 5) is 26.8. The molecule has 194 valence electrons. The third-order valence-corrected chi connectivity index (χ3v) is 8.57. The second kappa shape index (κ2) is 10.9. The lowest BCUT2D eigenvalue weighted by atomic mass is 10.0. The molecule has 3 heterocycles. The van der Waals surface area contributed by atoms with Gasteiger partial charge in [-0.25, -0.2) is 9.48 Å². The molecule has 0 bridgehead atoms. The quantitative estimate of drug-likeness (QED) is 0.461. The first kappa shape index (κ1) is 26.6. The molecule has 8 nitrogen and oxygen atoms in total. The van der Waals surface area contributed by atoms with Gasteiger partial charge in [0.2, 0.25) is 0 Å². The van der Waals surface area contributed by atoms with Crippen molar-refractivity contribution < 1.29 is 17.9 Å². The molecule has 1 saturated heterocycles. The van der Waals surface area contributed by atoms with E-state index in [4.69, 9.17) is 4.74 Å². The molecule has 13 heteroatoms. The normalized spacial score (nSPS) is 22.3. The molecule has 1 aliphatic rings. The molecular formula is C23H26F3N5O3S2. The summed E-state index contributed by atoms with van der Waals surface area (Å²) < 4.78 is 49.7. The maximum absolute atomic E-state index is 13.5. The van der Waals surface area contributed by atoms with Crippen LogP contribution in [0.1, 0.15) is 31.2 Å². The SMILES string of the molecule is CCS[C@@H]1[C@H](SCC)[C@@H](Cn2cc(-c3ccccc3C(F)(F)F)nn2)O[C@H]1n1cc(C)c(=O)[nH]c1=O. The maximum Gasteiger partial charge on any atom is 0.417 e. The van der Waals surface area contributed by atoms with Crippen molar-refractivity contribution >= 4 is 23.5 Å². The van der Waals surface area contributed by atoms with Gasteiger partial charge in [0.25, 0.3) is 5.56 Å². The molecule has 1 N–H and O–H groups in total. The predicted octanol–water partition coefficient (Wildman–Crippen LogP) is 3.96. The van der Waals surface area contributed by atoms with Gasteiger partial charge < -0.3 is 4.74 Å². The summed E-state index contributed by atoms with van der Waals surface area (Å²) in [6.07, 6.45) is -2.55.